The summed E-state index contributed by atoms with van der Waals surface area (Å²) in [5.74, 6) is 1.31. The average molecular weight is 334 g/mol. The molecule has 1 N–H and O–H groups in total. The molecular weight excluding hydrogens is 304 g/mol. The fourth-order valence-corrected chi connectivity index (χ4v) is 2.95. The van der Waals surface area contributed by atoms with Gasteiger partial charge in [-0.15, -0.1) is 0 Å². The number of hydrogen-bond acceptors (Lipinski definition) is 4. The quantitative estimate of drug-likeness (QED) is 0.791. The second kappa shape index (κ2) is 9.64. The van der Waals surface area contributed by atoms with Crippen molar-refractivity contribution in [1.29, 1.82) is 0 Å². The molecule has 5 heteroatoms. The van der Waals surface area contributed by atoms with Crippen LogP contribution < -0.4 is 10.1 Å². The number of benzene rings is 1. The van der Waals surface area contributed by atoms with Gasteiger partial charge in [0.05, 0.1) is 6.61 Å². The molecule has 0 bridgehead atoms. The number of amides is 1. The first kappa shape index (κ1) is 18.7. The van der Waals surface area contributed by atoms with Gasteiger partial charge in [-0.05, 0) is 62.9 Å². The molecule has 1 aromatic carbocycles. The maximum atomic E-state index is 12.0. The Balaban J connectivity index is 1.64. The summed E-state index contributed by atoms with van der Waals surface area (Å²) in [6, 6.07) is 6.03. The Hall–Kier alpha value is -1.59. The van der Waals surface area contributed by atoms with E-state index in [1.54, 1.807) is 7.11 Å². The largest absolute Gasteiger partial charge is 0.483 e. The van der Waals surface area contributed by atoms with Gasteiger partial charge in [0.2, 0.25) is 0 Å². The molecule has 1 aliphatic rings. The van der Waals surface area contributed by atoms with E-state index in [0.29, 0.717) is 5.92 Å². The van der Waals surface area contributed by atoms with E-state index >= 15 is 0 Å². The molecule has 0 spiro atoms. The van der Waals surface area contributed by atoms with Gasteiger partial charge >= 0.3 is 0 Å². The number of likely N-dealkylation sites (tertiary alicyclic amines) is 1. The highest BCUT2D eigenvalue weighted by Gasteiger charge is 2.19. The Morgan fingerprint density at radius 1 is 1.29 bits per heavy atom. The lowest BCUT2D eigenvalue weighted by molar-refractivity contribution is -0.123. The first-order valence-corrected chi connectivity index (χ1v) is 8.76. The first-order chi connectivity index (χ1) is 11.6. The zero-order chi connectivity index (χ0) is 17.4. The fourth-order valence-electron chi connectivity index (χ4n) is 2.95. The van der Waals surface area contributed by atoms with Crippen LogP contribution in [-0.4, -0.2) is 57.3 Å². The van der Waals surface area contributed by atoms with E-state index in [0.717, 1.165) is 62.5 Å². The molecule has 134 valence electrons. The third-order valence-electron chi connectivity index (χ3n) is 4.61. The standard InChI is InChI=1S/C19H30N2O3/c1-15-4-5-16(2)18(12-15)24-14-19(22)20-13-17-6-8-21(9-7-17)10-11-23-3/h4-5,12,17H,6-11,13-14H2,1-3H3,(H,20,22). The molecule has 5 nitrogen and oxygen atoms in total. The topological polar surface area (TPSA) is 50.8 Å². The SMILES string of the molecule is COCCN1CCC(CNC(=O)COc2cc(C)ccc2C)CC1. The smallest absolute Gasteiger partial charge is 0.257 e. The number of rotatable bonds is 8. The summed E-state index contributed by atoms with van der Waals surface area (Å²) in [7, 11) is 1.74. The summed E-state index contributed by atoms with van der Waals surface area (Å²) in [4.78, 5) is 14.4. The summed E-state index contributed by atoms with van der Waals surface area (Å²) in [6.07, 6.45) is 2.25. The molecule has 24 heavy (non-hydrogen) atoms. The zero-order valence-corrected chi connectivity index (χ0v) is 15.1. The molecule has 2 rings (SSSR count). The van der Waals surface area contributed by atoms with Crippen LogP contribution in [0.4, 0.5) is 0 Å². The highest BCUT2D eigenvalue weighted by atomic mass is 16.5. The predicted octanol–water partition coefficient (Wildman–Crippen LogP) is 2.16. The number of carbonyl (C=O) groups excluding carboxylic acids is 1. The van der Waals surface area contributed by atoms with Crippen LogP contribution in [-0.2, 0) is 9.53 Å². The van der Waals surface area contributed by atoms with E-state index in [1.165, 1.54) is 0 Å². The van der Waals surface area contributed by atoms with Crippen LogP contribution in [0.3, 0.4) is 0 Å². The highest BCUT2D eigenvalue weighted by Crippen LogP contribution is 2.19. The number of nitrogens with zero attached hydrogens (tertiary/aromatic N) is 1. The molecule has 0 unspecified atom stereocenters. The molecule has 0 aromatic heterocycles. The number of piperidine rings is 1. The van der Waals surface area contributed by atoms with Crippen LogP contribution in [0, 0.1) is 19.8 Å². The summed E-state index contributed by atoms with van der Waals surface area (Å²) in [5.41, 5.74) is 2.19. The molecular formula is C19H30N2O3. The van der Waals surface area contributed by atoms with Crippen molar-refractivity contribution in [3.8, 4) is 5.75 Å². The monoisotopic (exact) mass is 334 g/mol. The minimum absolute atomic E-state index is 0.0438. The van der Waals surface area contributed by atoms with Crippen LogP contribution in [0.15, 0.2) is 18.2 Å². The molecule has 1 aliphatic heterocycles. The van der Waals surface area contributed by atoms with Crippen molar-refractivity contribution in [2.75, 3.05) is 46.5 Å². The van der Waals surface area contributed by atoms with Gasteiger partial charge in [0.25, 0.3) is 5.91 Å². The fraction of sp³-hybridized carbons (Fsp3) is 0.632. The van der Waals surface area contributed by atoms with Crippen LogP contribution in [0.25, 0.3) is 0 Å². The van der Waals surface area contributed by atoms with Gasteiger partial charge in [-0.1, -0.05) is 12.1 Å². The molecule has 0 aliphatic carbocycles. The van der Waals surface area contributed by atoms with E-state index < -0.39 is 0 Å². The second-order valence-electron chi connectivity index (χ2n) is 6.64. The number of nitrogens with one attached hydrogen (secondary N) is 1. The molecule has 1 saturated heterocycles. The Kier molecular flexibility index (Phi) is 7.53. The summed E-state index contributed by atoms with van der Waals surface area (Å²) in [5, 5.41) is 3.01. The van der Waals surface area contributed by atoms with Gasteiger partial charge in [0, 0.05) is 20.2 Å². The molecule has 1 heterocycles. The van der Waals surface area contributed by atoms with Gasteiger partial charge in [-0.2, -0.15) is 0 Å². The van der Waals surface area contributed by atoms with Crippen molar-refractivity contribution in [2.24, 2.45) is 5.92 Å². The Morgan fingerprint density at radius 2 is 2.04 bits per heavy atom. The molecule has 1 amide bonds. The van der Waals surface area contributed by atoms with E-state index in [4.69, 9.17) is 9.47 Å². The first-order valence-electron chi connectivity index (χ1n) is 8.76. The lowest BCUT2D eigenvalue weighted by Crippen LogP contribution is -2.40. The minimum atomic E-state index is -0.0438. The molecule has 0 radical (unpaired) electrons. The lowest BCUT2D eigenvalue weighted by Gasteiger charge is -2.31. The normalized spacial score (nSPS) is 16.1. The maximum absolute atomic E-state index is 12.0. The van der Waals surface area contributed by atoms with Crippen molar-refractivity contribution >= 4 is 5.91 Å². The molecule has 0 atom stereocenters. The Morgan fingerprint density at radius 3 is 2.75 bits per heavy atom. The summed E-state index contributed by atoms with van der Waals surface area (Å²) in [6.45, 7) is 8.79. The van der Waals surface area contributed by atoms with Crippen molar-refractivity contribution in [2.45, 2.75) is 26.7 Å². The molecule has 1 aromatic rings. The number of aryl methyl sites for hydroxylation is 2. The van der Waals surface area contributed by atoms with E-state index in [2.05, 4.69) is 10.2 Å². The Labute approximate surface area is 145 Å². The summed E-state index contributed by atoms with van der Waals surface area (Å²) < 4.78 is 10.8. The van der Waals surface area contributed by atoms with E-state index in [9.17, 15) is 4.79 Å². The predicted molar refractivity (Wildman–Crippen MR) is 95.5 cm³/mol. The van der Waals surface area contributed by atoms with Crippen molar-refractivity contribution in [3.05, 3.63) is 29.3 Å². The highest BCUT2D eigenvalue weighted by molar-refractivity contribution is 5.77. The molecule has 0 saturated carbocycles. The minimum Gasteiger partial charge on any atom is -0.483 e. The van der Waals surface area contributed by atoms with Gasteiger partial charge in [0.1, 0.15) is 5.75 Å². The summed E-state index contributed by atoms with van der Waals surface area (Å²) >= 11 is 0. The van der Waals surface area contributed by atoms with Crippen molar-refractivity contribution < 1.29 is 14.3 Å². The van der Waals surface area contributed by atoms with Crippen LogP contribution >= 0.6 is 0 Å². The second-order valence-corrected chi connectivity index (χ2v) is 6.64. The van der Waals surface area contributed by atoms with Gasteiger partial charge < -0.3 is 19.7 Å². The number of carbonyl (C=O) groups is 1. The van der Waals surface area contributed by atoms with Crippen molar-refractivity contribution in [1.82, 2.24) is 10.2 Å². The van der Waals surface area contributed by atoms with Gasteiger partial charge in [-0.25, -0.2) is 0 Å². The lowest BCUT2D eigenvalue weighted by atomic mass is 9.97. The number of hydrogen-bond donors (Lipinski definition) is 1. The third-order valence-corrected chi connectivity index (χ3v) is 4.61. The van der Waals surface area contributed by atoms with Crippen LogP contribution in [0.5, 0.6) is 5.75 Å². The third kappa shape index (κ3) is 6.13. The Bertz CT molecular complexity index is 525. The number of methoxy groups -OCH3 is 1. The molecule has 1 fully saturated rings. The number of ether oxygens (including phenoxy) is 2. The van der Waals surface area contributed by atoms with E-state index in [-0.39, 0.29) is 12.5 Å². The van der Waals surface area contributed by atoms with Gasteiger partial charge in [0.15, 0.2) is 6.61 Å². The zero-order valence-electron chi connectivity index (χ0n) is 15.1. The maximum Gasteiger partial charge on any atom is 0.257 e. The van der Waals surface area contributed by atoms with Crippen molar-refractivity contribution in [3.63, 3.8) is 0 Å². The van der Waals surface area contributed by atoms with Crippen LogP contribution in [0.2, 0.25) is 0 Å². The average Bonchev–Trinajstić information content (AvgIpc) is 2.59. The van der Waals surface area contributed by atoms with E-state index in [1.807, 2.05) is 32.0 Å². The van der Waals surface area contributed by atoms with Crippen LogP contribution in [0.1, 0.15) is 24.0 Å². The van der Waals surface area contributed by atoms with Gasteiger partial charge in [-0.3, -0.25) is 4.79 Å².